The largest absolute Gasteiger partial charge is 0.497 e. The monoisotopic (exact) mass is 481 g/mol. The molecule has 0 radical (unpaired) electrons. The number of aromatic nitrogens is 2. The summed E-state index contributed by atoms with van der Waals surface area (Å²) in [7, 11) is 6.39. The summed E-state index contributed by atoms with van der Waals surface area (Å²) in [4.78, 5) is 24.0. The second-order valence-corrected chi connectivity index (χ2v) is 8.26. The van der Waals surface area contributed by atoms with Crippen LogP contribution in [0.25, 0.3) is 11.0 Å². The van der Waals surface area contributed by atoms with Gasteiger partial charge in [-0.25, -0.2) is 14.8 Å². The van der Waals surface area contributed by atoms with Crippen molar-refractivity contribution in [2.45, 2.75) is 25.4 Å². The molecule has 10 heteroatoms. The van der Waals surface area contributed by atoms with E-state index < -0.39 is 0 Å². The van der Waals surface area contributed by atoms with Crippen molar-refractivity contribution in [1.82, 2.24) is 20.2 Å². The fourth-order valence-electron chi connectivity index (χ4n) is 4.16. The summed E-state index contributed by atoms with van der Waals surface area (Å²) in [6, 6.07) is 10.9. The number of piperidine rings is 1. The Morgan fingerprint density at radius 2 is 1.63 bits per heavy atom. The van der Waals surface area contributed by atoms with Crippen molar-refractivity contribution in [3.05, 3.63) is 42.0 Å². The van der Waals surface area contributed by atoms with Crippen molar-refractivity contribution in [3.8, 4) is 23.1 Å². The van der Waals surface area contributed by atoms with Gasteiger partial charge in [0.05, 0.1) is 39.5 Å². The van der Waals surface area contributed by atoms with E-state index in [0.717, 1.165) is 49.5 Å². The van der Waals surface area contributed by atoms with Crippen molar-refractivity contribution < 1.29 is 23.7 Å². The Labute approximate surface area is 204 Å². The van der Waals surface area contributed by atoms with Crippen LogP contribution in [0.1, 0.15) is 18.4 Å². The summed E-state index contributed by atoms with van der Waals surface area (Å²) < 4.78 is 21.4. The van der Waals surface area contributed by atoms with Gasteiger partial charge >= 0.3 is 6.03 Å². The van der Waals surface area contributed by atoms with Crippen molar-refractivity contribution in [1.29, 1.82) is 0 Å². The molecule has 0 atom stereocenters. The highest BCUT2D eigenvalue weighted by molar-refractivity contribution is 5.91. The van der Waals surface area contributed by atoms with E-state index in [-0.39, 0.29) is 23.8 Å². The molecule has 1 aliphatic heterocycles. The van der Waals surface area contributed by atoms with Crippen LogP contribution in [-0.4, -0.2) is 68.5 Å². The zero-order chi connectivity index (χ0) is 24.8. The number of ether oxygens (including phenoxy) is 4. The van der Waals surface area contributed by atoms with Gasteiger partial charge in [-0.3, -0.25) is 10.2 Å². The number of carbonyl (C=O) groups is 1. The number of rotatable bonds is 8. The van der Waals surface area contributed by atoms with E-state index in [1.165, 1.54) is 7.11 Å². The van der Waals surface area contributed by atoms with Crippen molar-refractivity contribution >= 4 is 22.9 Å². The van der Waals surface area contributed by atoms with Crippen LogP contribution in [0.2, 0.25) is 0 Å². The van der Waals surface area contributed by atoms with Gasteiger partial charge in [0, 0.05) is 43.4 Å². The van der Waals surface area contributed by atoms with Gasteiger partial charge in [0.1, 0.15) is 17.2 Å². The Bertz CT molecular complexity index is 1180. The van der Waals surface area contributed by atoms with E-state index in [4.69, 9.17) is 18.9 Å². The van der Waals surface area contributed by atoms with Gasteiger partial charge in [-0.2, -0.15) is 0 Å². The van der Waals surface area contributed by atoms with E-state index in [1.807, 2.05) is 18.2 Å². The Kier molecular flexibility index (Phi) is 7.71. The summed E-state index contributed by atoms with van der Waals surface area (Å²) in [6.07, 6.45) is 1.67. The van der Waals surface area contributed by atoms with Gasteiger partial charge in [-0.15, -0.1) is 0 Å². The number of urea groups is 1. The molecule has 0 saturated carbocycles. The maximum absolute atomic E-state index is 12.7. The molecule has 2 N–H and O–H groups in total. The number of carbonyl (C=O) groups excluding carboxylic acids is 1. The topological polar surface area (TPSA) is 107 Å². The standard InChI is InChI=1S/C25H31N5O5/c1-32-18-7-8-20-21(13-18)27-23(24(28-20)35-4)29-25(31)26-17-9-11-30(12-10-17)15-16-5-6-19(33-2)14-22(16)34-3/h5-8,13-14,17H,9-12,15H2,1-4H3,(H2,26,27,29,31). The van der Waals surface area contributed by atoms with Crippen LogP contribution in [0.4, 0.5) is 10.6 Å². The fraction of sp³-hybridized carbons (Fsp3) is 0.400. The molecule has 2 heterocycles. The SMILES string of the molecule is COc1ccc(CN2CCC(NC(=O)Nc3nc4cc(OC)ccc4nc3OC)CC2)c(OC)c1. The quantitative estimate of drug-likeness (QED) is 0.504. The Balaban J connectivity index is 1.33. The third kappa shape index (κ3) is 5.83. The van der Waals surface area contributed by atoms with Crippen LogP contribution in [0, 0.1) is 0 Å². The molecule has 0 unspecified atom stereocenters. The number of methoxy groups -OCH3 is 4. The molecular formula is C25H31N5O5. The molecule has 2 amide bonds. The Morgan fingerprint density at radius 1 is 0.914 bits per heavy atom. The van der Waals surface area contributed by atoms with Gasteiger partial charge in [-0.1, -0.05) is 6.07 Å². The molecule has 1 aliphatic rings. The lowest BCUT2D eigenvalue weighted by Gasteiger charge is -2.32. The lowest BCUT2D eigenvalue weighted by molar-refractivity contribution is 0.188. The first kappa shape index (κ1) is 24.3. The van der Waals surface area contributed by atoms with Crippen molar-refractivity contribution in [3.63, 3.8) is 0 Å². The Morgan fingerprint density at radius 3 is 2.31 bits per heavy atom. The average molecular weight is 482 g/mol. The molecule has 10 nitrogen and oxygen atoms in total. The highest BCUT2D eigenvalue weighted by atomic mass is 16.5. The van der Waals surface area contributed by atoms with E-state index >= 15 is 0 Å². The molecule has 0 aliphatic carbocycles. The van der Waals surface area contributed by atoms with E-state index in [1.54, 1.807) is 39.5 Å². The highest BCUT2D eigenvalue weighted by Gasteiger charge is 2.22. The summed E-state index contributed by atoms with van der Waals surface area (Å²) in [5, 5.41) is 5.83. The number of fused-ring (bicyclic) bond motifs is 1. The molecule has 186 valence electrons. The average Bonchev–Trinajstić information content (AvgIpc) is 2.89. The van der Waals surface area contributed by atoms with Crippen molar-refractivity contribution in [2.24, 2.45) is 0 Å². The number of benzene rings is 2. The fourth-order valence-corrected chi connectivity index (χ4v) is 4.16. The second-order valence-electron chi connectivity index (χ2n) is 8.26. The van der Waals surface area contributed by atoms with Crippen LogP contribution in [0.15, 0.2) is 36.4 Å². The number of hydrogen-bond acceptors (Lipinski definition) is 8. The summed E-state index contributed by atoms with van der Waals surface area (Å²) in [5.74, 6) is 2.75. The minimum atomic E-state index is -0.338. The van der Waals surface area contributed by atoms with Gasteiger partial charge < -0.3 is 24.3 Å². The number of anilines is 1. The van der Waals surface area contributed by atoms with Gasteiger partial charge in [0.15, 0.2) is 5.82 Å². The maximum atomic E-state index is 12.7. The maximum Gasteiger partial charge on any atom is 0.320 e. The highest BCUT2D eigenvalue weighted by Crippen LogP contribution is 2.28. The summed E-state index contributed by atoms with van der Waals surface area (Å²) in [5.41, 5.74) is 2.35. The van der Waals surface area contributed by atoms with Crippen LogP contribution < -0.4 is 29.6 Å². The van der Waals surface area contributed by atoms with Crippen molar-refractivity contribution in [2.75, 3.05) is 46.8 Å². The molecule has 1 fully saturated rings. The van der Waals surface area contributed by atoms with Crippen LogP contribution in [-0.2, 0) is 6.54 Å². The predicted octanol–water partition coefficient (Wildman–Crippen LogP) is 3.45. The summed E-state index contributed by atoms with van der Waals surface area (Å²) >= 11 is 0. The summed E-state index contributed by atoms with van der Waals surface area (Å²) in [6.45, 7) is 2.50. The Hall–Kier alpha value is -3.79. The normalized spacial score (nSPS) is 14.4. The van der Waals surface area contributed by atoms with E-state index in [9.17, 15) is 4.79 Å². The van der Waals surface area contributed by atoms with E-state index in [0.29, 0.717) is 16.8 Å². The minimum absolute atomic E-state index is 0.0588. The second kappa shape index (κ2) is 11.1. The van der Waals surface area contributed by atoms with Gasteiger partial charge in [0.25, 0.3) is 5.88 Å². The van der Waals surface area contributed by atoms with Gasteiger partial charge in [0.2, 0.25) is 0 Å². The number of likely N-dealkylation sites (tertiary alicyclic amines) is 1. The smallest absolute Gasteiger partial charge is 0.320 e. The molecule has 3 aromatic rings. The lowest BCUT2D eigenvalue weighted by Crippen LogP contribution is -2.45. The number of amides is 2. The van der Waals surface area contributed by atoms with Crippen LogP contribution in [0.5, 0.6) is 23.1 Å². The van der Waals surface area contributed by atoms with Gasteiger partial charge in [-0.05, 0) is 31.0 Å². The lowest BCUT2D eigenvalue weighted by atomic mass is 10.0. The third-order valence-electron chi connectivity index (χ3n) is 6.08. The van der Waals surface area contributed by atoms with Crippen LogP contribution >= 0.6 is 0 Å². The third-order valence-corrected chi connectivity index (χ3v) is 6.08. The molecule has 35 heavy (non-hydrogen) atoms. The molecule has 1 saturated heterocycles. The first-order valence-electron chi connectivity index (χ1n) is 11.4. The molecule has 4 rings (SSSR count). The minimum Gasteiger partial charge on any atom is -0.497 e. The number of nitrogens with zero attached hydrogens (tertiary/aromatic N) is 3. The molecule has 0 spiro atoms. The number of nitrogens with one attached hydrogen (secondary N) is 2. The van der Waals surface area contributed by atoms with E-state index in [2.05, 4.69) is 25.5 Å². The first-order valence-corrected chi connectivity index (χ1v) is 11.4. The van der Waals surface area contributed by atoms with Crippen LogP contribution in [0.3, 0.4) is 0 Å². The molecular weight excluding hydrogens is 450 g/mol. The zero-order valence-corrected chi connectivity index (χ0v) is 20.5. The number of hydrogen-bond donors (Lipinski definition) is 2. The predicted molar refractivity (Wildman–Crippen MR) is 133 cm³/mol. The first-order chi connectivity index (χ1) is 17.0. The molecule has 0 bridgehead atoms. The zero-order valence-electron chi connectivity index (χ0n) is 20.5. The molecule has 1 aromatic heterocycles. The molecule has 2 aromatic carbocycles.